The molecule has 45 heavy (non-hydrogen) atoms. The van der Waals surface area contributed by atoms with Gasteiger partial charge >= 0.3 is 0 Å². The quantitative estimate of drug-likeness (QED) is 0.0881. The highest BCUT2D eigenvalue weighted by Crippen LogP contribution is 2.45. The van der Waals surface area contributed by atoms with Gasteiger partial charge in [-0.1, -0.05) is 94.8 Å². The molecule has 0 spiro atoms. The number of aromatic nitrogens is 3. The van der Waals surface area contributed by atoms with E-state index >= 15 is 0 Å². The van der Waals surface area contributed by atoms with Crippen molar-refractivity contribution in [1.82, 2.24) is 15.2 Å². The van der Waals surface area contributed by atoms with Gasteiger partial charge in [-0.3, -0.25) is 14.5 Å². The van der Waals surface area contributed by atoms with Crippen molar-refractivity contribution in [2.75, 3.05) is 4.90 Å². The summed E-state index contributed by atoms with van der Waals surface area (Å²) in [5.41, 5.74) is 2.98. The number of aryl methyl sites for hydroxylation is 2. The van der Waals surface area contributed by atoms with Crippen LogP contribution in [0.15, 0.2) is 88.5 Å². The van der Waals surface area contributed by atoms with Crippen molar-refractivity contribution in [2.45, 2.75) is 36.6 Å². The second kappa shape index (κ2) is 13.3. The van der Waals surface area contributed by atoms with Crippen LogP contribution < -0.4 is 9.64 Å². The molecule has 1 atom stereocenters. The summed E-state index contributed by atoms with van der Waals surface area (Å²) in [6.45, 7) is 3.92. The summed E-state index contributed by atoms with van der Waals surface area (Å²) in [7, 11) is 0. The summed E-state index contributed by atoms with van der Waals surface area (Å²) in [4.78, 5) is 33.6. The van der Waals surface area contributed by atoms with Gasteiger partial charge in [0.25, 0.3) is 5.91 Å². The molecule has 8 nitrogen and oxygen atoms in total. The molecule has 0 fully saturated rings. The molecule has 13 heteroatoms. The van der Waals surface area contributed by atoms with Gasteiger partial charge in [0.15, 0.2) is 10.1 Å². The Hall–Kier alpha value is -3.74. The molecule has 0 radical (unpaired) electrons. The molecule has 0 saturated heterocycles. The van der Waals surface area contributed by atoms with E-state index in [2.05, 4.69) is 15.2 Å². The number of ketones is 1. The number of ether oxygens (including phenoxy) is 1. The Kier molecular flexibility index (Phi) is 9.25. The van der Waals surface area contributed by atoms with Crippen LogP contribution in [0.1, 0.15) is 43.1 Å². The van der Waals surface area contributed by atoms with Crippen LogP contribution in [0, 0.1) is 13.8 Å². The molecule has 3 heterocycles. The van der Waals surface area contributed by atoms with Gasteiger partial charge in [0.1, 0.15) is 12.4 Å². The molecule has 1 N–H and O–H groups in total. The lowest BCUT2D eigenvalue weighted by molar-refractivity contribution is -0.117. The molecule has 2 aromatic heterocycles. The number of aliphatic hydroxyl groups excluding tert-OH is 1. The Bertz CT molecular complexity index is 1930. The van der Waals surface area contributed by atoms with Gasteiger partial charge < -0.3 is 9.84 Å². The highest BCUT2D eigenvalue weighted by Gasteiger charge is 2.46. The third-order valence-electron chi connectivity index (χ3n) is 6.97. The molecule has 1 aliphatic rings. The number of carbonyl (C=O) groups excluding carboxylic acids is 2. The summed E-state index contributed by atoms with van der Waals surface area (Å²) in [6, 6.07) is 21.2. The Morgan fingerprint density at radius 1 is 1.02 bits per heavy atom. The summed E-state index contributed by atoms with van der Waals surface area (Å²) >= 11 is 16.2. The predicted octanol–water partition coefficient (Wildman–Crippen LogP) is 8.57. The maximum Gasteiger partial charge on any atom is 0.296 e. The van der Waals surface area contributed by atoms with Gasteiger partial charge in [-0.15, -0.1) is 21.5 Å². The first-order valence-electron chi connectivity index (χ1n) is 13.6. The van der Waals surface area contributed by atoms with Crippen molar-refractivity contribution < 1.29 is 19.4 Å². The Morgan fingerprint density at radius 2 is 1.78 bits per heavy atom. The molecule has 3 aromatic carbocycles. The van der Waals surface area contributed by atoms with E-state index in [-0.39, 0.29) is 10.7 Å². The highest BCUT2D eigenvalue weighted by atomic mass is 35.5. The second-order valence-corrected chi connectivity index (χ2v) is 14.3. The fourth-order valence-corrected chi connectivity index (χ4v) is 8.14. The van der Waals surface area contributed by atoms with Crippen LogP contribution in [-0.4, -0.2) is 32.0 Å². The molecule has 6 rings (SSSR count). The van der Waals surface area contributed by atoms with Crippen LogP contribution in [0.3, 0.4) is 0 Å². The maximum atomic E-state index is 13.9. The van der Waals surface area contributed by atoms with E-state index in [1.807, 2.05) is 36.4 Å². The van der Waals surface area contributed by atoms with Gasteiger partial charge in [0.05, 0.1) is 27.2 Å². The Morgan fingerprint density at radius 3 is 2.47 bits per heavy atom. The fraction of sp³-hybridized carbons (Fsp3) is 0.156. The first-order valence-corrected chi connectivity index (χ1v) is 17.0. The minimum Gasteiger partial charge on any atom is -0.503 e. The summed E-state index contributed by atoms with van der Waals surface area (Å²) in [5.74, 6) is -0.706. The van der Waals surface area contributed by atoms with E-state index in [1.54, 1.807) is 50.2 Å². The third-order valence-corrected chi connectivity index (χ3v) is 10.7. The average Bonchev–Trinajstić information content (AvgIpc) is 3.71. The number of anilines is 1. The SMILES string of the molecule is Cc1nc(C)c(C(=O)C2=C(O)C(=O)N(c3nnc(SCc4ccc(Cl)cc4Cl)s3)C2c2ccc(OCc3ccccc3)cc2)s1. The lowest BCUT2D eigenvalue weighted by Gasteiger charge is -2.24. The van der Waals surface area contributed by atoms with Crippen molar-refractivity contribution in [3.63, 3.8) is 0 Å². The number of nitrogens with zero attached hydrogens (tertiary/aromatic N) is 4. The zero-order valence-electron chi connectivity index (χ0n) is 23.9. The van der Waals surface area contributed by atoms with Crippen LogP contribution in [0.4, 0.5) is 5.13 Å². The molecule has 1 unspecified atom stereocenters. The fourth-order valence-electron chi connectivity index (χ4n) is 4.84. The zero-order chi connectivity index (χ0) is 31.7. The monoisotopic (exact) mass is 694 g/mol. The number of carbonyl (C=O) groups is 2. The van der Waals surface area contributed by atoms with Crippen molar-refractivity contribution >= 4 is 74.5 Å². The van der Waals surface area contributed by atoms with Crippen LogP contribution >= 0.6 is 57.6 Å². The lowest BCUT2D eigenvalue weighted by atomic mass is 9.95. The largest absolute Gasteiger partial charge is 0.503 e. The molecular formula is C32H24Cl2N4O4S3. The average molecular weight is 696 g/mol. The number of benzene rings is 3. The van der Waals surface area contributed by atoms with E-state index in [1.165, 1.54) is 39.3 Å². The van der Waals surface area contributed by atoms with E-state index in [4.69, 9.17) is 27.9 Å². The number of thiazole rings is 1. The zero-order valence-corrected chi connectivity index (χ0v) is 27.8. The second-order valence-electron chi connectivity index (χ2n) is 10.0. The van der Waals surface area contributed by atoms with Gasteiger partial charge in [0.2, 0.25) is 10.9 Å². The molecule has 1 amide bonds. The molecule has 228 valence electrons. The Balaban J connectivity index is 1.31. The van der Waals surface area contributed by atoms with Gasteiger partial charge in [-0.25, -0.2) is 4.98 Å². The van der Waals surface area contributed by atoms with Crippen molar-refractivity contribution in [1.29, 1.82) is 0 Å². The number of Topliss-reactive ketones (excluding diaryl/α,β-unsaturated/α-hetero) is 1. The van der Waals surface area contributed by atoms with Crippen LogP contribution in [0.25, 0.3) is 0 Å². The minimum atomic E-state index is -0.952. The van der Waals surface area contributed by atoms with Crippen LogP contribution in [0.5, 0.6) is 5.75 Å². The van der Waals surface area contributed by atoms with E-state index in [9.17, 15) is 14.7 Å². The molecule has 0 bridgehead atoms. The lowest BCUT2D eigenvalue weighted by Crippen LogP contribution is -2.31. The highest BCUT2D eigenvalue weighted by molar-refractivity contribution is 8.00. The van der Waals surface area contributed by atoms with Crippen molar-refractivity contribution in [3.05, 3.63) is 126 Å². The standard InChI is InChI=1S/C32H24Cl2N4O4S3/c1-17-29(44-18(2)35-17)27(39)25-26(20-9-12-23(13-10-20)42-15-19-6-4-3-5-7-19)38(30(41)28(25)40)31-36-37-32(45-31)43-16-21-8-11-22(33)14-24(21)34/h3-14,26,40H,15-16H2,1-2H3. The van der Waals surface area contributed by atoms with Gasteiger partial charge in [-0.05, 0) is 54.8 Å². The smallest absolute Gasteiger partial charge is 0.296 e. The van der Waals surface area contributed by atoms with Crippen molar-refractivity contribution in [2.24, 2.45) is 0 Å². The maximum absolute atomic E-state index is 13.9. The van der Waals surface area contributed by atoms with E-state index in [0.29, 0.717) is 53.6 Å². The molecule has 1 aliphatic heterocycles. The topological polar surface area (TPSA) is 106 Å². The number of rotatable bonds is 10. The van der Waals surface area contributed by atoms with Crippen LogP contribution in [-0.2, 0) is 17.2 Å². The Labute approximate surface area is 281 Å². The predicted molar refractivity (Wildman–Crippen MR) is 179 cm³/mol. The number of amides is 1. The first kappa shape index (κ1) is 31.3. The number of aliphatic hydroxyl groups is 1. The summed E-state index contributed by atoms with van der Waals surface area (Å²) < 4.78 is 6.54. The van der Waals surface area contributed by atoms with E-state index < -0.39 is 23.5 Å². The van der Waals surface area contributed by atoms with E-state index in [0.717, 1.165) is 11.1 Å². The number of hydrogen-bond donors (Lipinski definition) is 1. The molecular weight excluding hydrogens is 671 g/mol. The first-order chi connectivity index (χ1) is 21.7. The summed E-state index contributed by atoms with van der Waals surface area (Å²) in [5, 5.41) is 21.8. The number of hydrogen-bond acceptors (Lipinski definition) is 10. The van der Waals surface area contributed by atoms with Gasteiger partial charge in [0, 0.05) is 15.8 Å². The normalized spacial score (nSPS) is 14.8. The third kappa shape index (κ3) is 6.63. The number of halogens is 2. The number of thioether (sulfide) groups is 1. The van der Waals surface area contributed by atoms with Gasteiger partial charge in [-0.2, -0.15) is 0 Å². The van der Waals surface area contributed by atoms with Crippen molar-refractivity contribution in [3.8, 4) is 5.75 Å². The van der Waals surface area contributed by atoms with Crippen LogP contribution in [0.2, 0.25) is 10.0 Å². The molecule has 5 aromatic rings. The summed E-state index contributed by atoms with van der Waals surface area (Å²) in [6.07, 6.45) is 0. The minimum absolute atomic E-state index is 0.0398. The molecule has 0 aliphatic carbocycles. The molecule has 0 saturated carbocycles.